The van der Waals surface area contributed by atoms with Gasteiger partial charge in [0.15, 0.2) is 0 Å². The van der Waals surface area contributed by atoms with Crippen LogP contribution in [0.2, 0.25) is 0 Å². The lowest BCUT2D eigenvalue weighted by Crippen LogP contribution is -2.25. The second kappa shape index (κ2) is 5.56. The minimum Gasteiger partial charge on any atom is -0.424 e. The lowest BCUT2D eigenvalue weighted by molar-refractivity contribution is 1.17. The Morgan fingerprint density at radius 1 is 1.57 bits per heavy atom. The van der Waals surface area contributed by atoms with Gasteiger partial charge in [0, 0.05) is 0 Å². The fourth-order valence-electron chi connectivity index (χ4n) is 0.228. The number of rotatable bonds is 3. The topological polar surface area (TPSA) is 24.1 Å². The third kappa shape index (κ3) is 5.56. The summed E-state index contributed by atoms with van der Waals surface area (Å²) in [6.45, 7) is 1.95. The summed E-state index contributed by atoms with van der Waals surface area (Å²) >= 11 is 0. The zero-order valence-corrected chi connectivity index (χ0v) is 4.73. The second-order valence-electron chi connectivity index (χ2n) is 1.10. The Morgan fingerprint density at radius 3 is 2.71 bits per heavy atom. The third-order valence-electron chi connectivity index (χ3n) is 0.491. The zero-order chi connectivity index (χ0) is 5.54. The molecule has 0 atom stereocenters. The molecule has 7 heavy (non-hydrogen) atoms. The molecule has 0 unspecified atom stereocenters. The molecule has 0 aliphatic rings. The minimum atomic E-state index is 1.75. The first kappa shape index (κ1) is 6.56. The van der Waals surface area contributed by atoms with Crippen LogP contribution in [0.25, 0.3) is 0 Å². The molecule has 0 spiro atoms. The highest BCUT2D eigenvalue weighted by molar-refractivity contribution is 6.28. The van der Waals surface area contributed by atoms with Crippen molar-refractivity contribution < 1.29 is 0 Å². The van der Waals surface area contributed by atoms with Crippen LogP contribution in [0.1, 0.15) is 6.92 Å². The molecule has 0 bridgehead atoms. The molecule has 0 rings (SSSR count). The van der Waals surface area contributed by atoms with Crippen molar-refractivity contribution in [2.24, 2.45) is 0 Å². The molecule has 3 heteroatoms. The highest BCUT2D eigenvalue weighted by Crippen LogP contribution is 1.55. The van der Waals surface area contributed by atoms with Gasteiger partial charge in [-0.3, -0.25) is 0 Å². The molecule has 0 saturated heterocycles. The van der Waals surface area contributed by atoms with Crippen molar-refractivity contribution in [2.75, 3.05) is 7.05 Å². The molecule has 0 aromatic heterocycles. The minimum absolute atomic E-state index is 1.75. The first-order valence-electron chi connectivity index (χ1n) is 2.28. The lowest BCUT2D eigenvalue weighted by Gasteiger charge is -1.89. The van der Waals surface area contributed by atoms with E-state index < -0.39 is 0 Å². The summed E-state index contributed by atoms with van der Waals surface area (Å²) in [5.74, 6) is 0. The van der Waals surface area contributed by atoms with E-state index in [0.29, 0.717) is 0 Å². The van der Waals surface area contributed by atoms with Gasteiger partial charge < -0.3 is 10.5 Å². The van der Waals surface area contributed by atoms with E-state index in [9.17, 15) is 0 Å². The average Bonchev–Trinajstić information content (AvgIpc) is 1.69. The van der Waals surface area contributed by atoms with Gasteiger partial charge in [-0.05, 0) is 20.2 Å². The van der Waals surface area contributed by atoms with E-state index in [1.165, 1.54) is 0 Å². The van der Waals surface area contributed by atoms with Crippen LogP contribution in [-0.2, 0) is 0 Å². The van der Waals surface area contributed by atoms with Gasteiger partial charge >= 0.3 is 7.55 Å². The van der Waals surface area contributed by atoms with E-state index in [1.54, 1.807) is 7.55 Å². The summed E-state index contributed by atoms with van der Waals surface area (Å²) in [6.07, 6.45) is 3.77. The zero-order valence-electron chi connectivity index (χ0n) is 4.73. The highest BCUT2D eigenvalue weighted by atomic mass is 14.9. The fourth-order valence-corrected chi connectivity index (χ4v) is 0.228. The predicted octanol–water partition coefficient (Wildman–Crippen LogP) is -0.137. The van der Waals surface area contributed by atoms with Crippen LogP contribution in [0.3, 0.4) is 0 Å². The van der Waals surface area contributed by atoms with Crippen LogP contribution < -0.4 is 10.5 Å². The average molecular weight is 97.0 g/mol. The summed E-state index contributed by atoms with van der Waals surface area (Å²) in [6, 6.07) is 0. The van der Waals surface area contributed by atoms with E-state index in [0.717, 1.165) is 0 Å². The Bertz CT molecular complexity index is 53.7. The van der Waals surface area contributed by atoms with Crippen molar-refractivity contribution in [1.29, 1.82) is 0 Å². The molecule has 2 nitrogen and oxygen atoms in total. The predicted molar refractivity (Wildman–Crippen MR) is 32.8 cm³/mol. The van der Waals surface area contributed by atoms with Gasteiger partial charge in [-0.25, -0.2) is 0 Å². The van der Waals surface area contributed by atoms with Crippen LogP contribution >= 0.6 is 0 Å². The molecule has 0 aliphatic carbocycles. The normalized spacial score (nSPS) is 9.43. The van der Waals surface area contributed by atoms with E-state index in [4.69, 9.17) is 0 Å². The quantitative estimate of drug-likeness (QED) is 0.378. The molecule has 1 radical (unpaired) electrons. The van der Waals surface area contributed by atoms with Crippen LogP contribution in [-0.4, -0.2) is 14.6 Å². The molecule has 2 N–H and O–H groups in total. The standard InChI is InChI=1S/C4H10BN2/c1-3-4-7-5-6-2/h3-4,6-7H,1-2H3/b4-3-. The van der Waals surface area contributed by atoms with Crippen LogP contribution in [0.15, 0.2) is 12.3 Å². The number of nitrogens with one attached hydrogen (secondary N) is 2. The second-order valence-corrected chi connectivity index (χ2v) is 1.10. The largest absolute Gasteiger partial charge is 0.424 e. The van der Waals surface area contributed by atoms with Gasteiger partial charge in [0.05, 0.1) is 0 Å². The van der Waals surface area contributed by atoms with E-state index >= 15 is 0 Å². The Labute approximate surface area is 45.3 Å². The van der Waals surface area contributed by atoms with Crippen LogP contribution in [0.5, 0.6) is 0 Å². The molecular weight excluding hydrogens is 86.9 g/mol. The Hall–Kier alpha value is -0.435. The maximum atomic E-state index is 2.87. The molecule has 0 aliphatic heterocycles. The monoisotopic (exact) mass is 97.1 g/mol. The number of hydrogen-bond acceptors (Lipinski definition) is 2. The van der Waals surface area contributed by atoms with Crippen molar-refractivity contribution in [3.05, 3.63) is 12.3 Å². The van der Waals surface area contributed by atoms with Gasteiger partial charge in [0.2, 0.25) is 0 Å². The maximum absolute atomic E-state index is 2.87. The highest BCUT2D eigenvalue weighted by Gasteiger charge is 1.73. The summed E-state index contributed by atoms with van der Waals surface area (Å²) in [5.41, 5.74) is 0. The van der Waals surface area contributed by atoms with Crippen molar-refractivity contribution >= 4 is 7.55 Å². The van der Waals surface area contributed by atoms with Gasteiger partial charge in [0.1, 0.15) is 0 Å². The Morgan fingerprint density at radius 2 is 2.29 bits per heavy atom. The Kier molecular flexibility index (Phi) is 5.22. The van der Waals surface area contributed by atoms with E-state index in [2.05, 4.69) is 10.5 Å². The van der Waals surface area contributed by atoms with Crippen molar-refractivity contribution in [3.8, 4) is 0 Å². The molecular formula is C4H10BN2. The fraction of sp³-hybridized carbons (Fsp3) is 0.500. The molecule has 0 heterocycles. The summed E-state index contributed by atoms with van der Waals surface area (Å²) in [4.78, 5) is 0. The number of hydrogen-bond donors (Lipinski definition) is 2. The summed E-state index contributed by atoms with van der Waals surface area (Å²) < 4.78 is 0. The van der Waals surface area contributed by atoms with E-state index in [-0.39, 0.29) is 0 Å². The summed E-state index contributed by atoms with van der Waals surface area (Å²) in [7, 11) is 3.59. The van der Waals surface area contributed by atoms with Gasteiger partial charge in [-0.1, -0.05) is 6.08 Å². The third-order valence-corrected chi connectivity index (χ3v) is 0.491. The Balaban J connectivity index is 2.69. The van der Waals surface area contributed by atoms with Gasteiger partial charge in [0.25, 0.3) is 0 Å². The van der Waals surface area contributed by atoms with Crippen molar-refractivity contribution in [3.63, 3.8) is 0 Å². The molecule has 0 fully saturated rings. The van der Waals surface area contributed by atoms with E-state index in [1.807, 2.05) is 26.2 Å². The maximum Gasteiger partial charge on any atom is 0.345 e. The molecule has 0 amide bonds. The smallest absolute Gasteiger partial charge is 0.345 e. The van der Waals surface area contributed by atoms with Gasteiger partial charge in [-0.15, -0.1) is 0 Å². The van der Waals surface area contributed by atoms with Gasteiger partial charge in [-0.2, -0.15) is 0 Å². The summed E-state index contributed by atoms with van der Waals surface area (Å²) in [5, 5.41) is 5.68. The first-order valence-corrected chi connectivity index (χ1v) is 2.28. The van der Waals surface area contributed by atoms with Crippen LogP contribution in [0.4, 0.5) is 0 Å². The van der Waals surface area contributed by atoms with Crippen molar-refractivity contribution in [2.45, 2.75) is 6.92 Å². The lowest BCUT2D eigenvalue weighted by atomic mass is 10.2. The number of allylic oxidation sites excluding steroid dienone is 1. The molecule has 0 aromatic carbocycles. The van der Waals surface area contributed by atoms with Crippen molar-refractivity contribution in [1.82, 2.24) is 10.5 Å². The SMILES string of the molecule is C/C=C\N[B]NC. The molecule has 39 valence electrons. The first-order chi connectivity index (χ1) is 3.41. The molecule has 0 saturated carbocycles. The van der Waals surface area contributed by atoms with Crippen LogP contribution in [0, 0.1) is 0 Å². The molecule has 0 aromatic rings.